The van der Waals surface area contributed by atoms with Crippen LogP contribution in [-0.4, -0.2) is 35.1 Å². The standard InChI is InChI=1S/C17H26N4O2/c1-13-15(14(2)23-20-13)10-21(3)11-16(22)19-17(12-18)8-6-4-5-7-9-17/h4-11H2,1-3H3,(H,19,22). The smallest absolute Gasteiger partial charge is 0.235 e. The van der Waals surface area contributed by atoms with Crippen molar-refractivity contribution in [2.75, 3.05) is 13.6 Å². The van der Waals surface area contributed by atoms with E-state index in [9.17, 15) is 10.1 Å². The van der Waals surface area contributed by atoms with Gasteiger partial charge in [-0.3, -0.25) is 9.69 Å². The molecule has 0 unspecified atom stereocenters. The van der Waals surface area contributed by atoms with Gasteiger partial charge in [-0.05, 0) is 33.7 Å². The third-order valence-corrected chi connectivity index (χ3v) is 4.57. The average molecular weight is 318 g/mol. The van der Waals surface area contributed by atoms with Gasteiger partial charge in [-0.25, -0.2) is 0 Å². The number of carbonyl (C=O) groups excluding carboxylic acids is 1. The second-order valence-corrected chi connectivity index (χ2v) is 6.63. The van der Waals surface area contributed by atoms with E-state index in [1.54, 1.807) is 0 Å². The van der Waals surface area contributed by atoms with E-state index in [4.69, 9.17) is 4.52 Å². The molecule has 1 heterocycles. The number of nitriles is 1. The van der Waals surface area contributed by atoms with Gasteiger partial charge in [0, 0.05) is 12.1 Å². The molecule has 0 aliphatic heterocycles. The SMILES string of the molecule is Cc1noc(C)c1CN(C)CC(=O)NC1(C#N)CCCCCC1. The lowest BCUT2D eigenvalue weighted by Crippen LogP contribution is -2.50. The summed E-state index contributed by atoms with van der Waals surface area (Å²) in [7, 11) is 1.89. The Kier molecular flexibility index (Phi) is 5.78. The van der Waals surface area contributed by atoms with Crippen LogP contribution < -0.4 is 5.32 Å². The zero-order valence-corrected chi connectivity index (χ0v) is 14.3. The van der Waals surface area contributed by atoms with Crippen LogP contribution in [0.1, 0.15) is 55.5 Å². The second-order valence-electron chi connectivity index (χ2n) is 6.63. The van der Waals surface area contributed by atoms with Gasteiger partial charge >= 0.3 is 0 Å². The van der Waals surface area contributed by atoms with Crippen molar-refractivity contribution in [1.29, 1.82) is 5.26 Å². The normalized spacial score (nSPS) is 17.5. The fourth-order valence-electron chi connectivity index (χ4n) is 3.20. The molecule has 6 heteroatoms. The highest BCUT2D eigenvalue weighted by atomic mass is 16.5. The van der Waals surface area contributed by atoms with Crippen molar-refractivity contribution in [3.05, 3.63) is 17.0 Å². The lowest BCUT2D eigenvalue weighted by Gasteiger charge is -2.27. The highest BCUT2D eigenvalue weighted by Crippen LogP contribution is 2.26. The van der Waals surface area contributed by atoms with E-state index in [1.165, 1.54) is 0 Å². The summed E-state index contributed by atoms with van der Waals surface area (Å²) >= 11 is 0. The van der Waals surface area contributed by atoms with E-state index < -0.39 is 5.54 Å². The maximum atomic E-state index is 12.4. The van der Waals surface area contributed by atoms with Crippen molar-refractivity contribution in [3.8, 4) is 6.07 Å². The summed E-state index contributed by atoms with van der Waals surface area (Å²) in [6.45, 7) is 4.64. The highest BCUT2D eigenvalue weighted by molar-refractivity contribution is 5.79. The van der Waals surface area contributed by atoms with Gasteiger partial charge in [0.1, 0.15) is 11.3 Å². The fraction of sp³-hybridized carbons (Fsp3) is 0.706. The Morgan fingerprint density at radius 1 is 1.35 bits per heavy atom. The summed E-state index contributed by atoms with van der Waals surface area (Å²) in [5, 5.41) is 16.4. The topological polar surface area (TPSA) is 82.2 Å². The van der Waals surface area contributed by atoms with Crippen LogP contribution in [0.15, 0.2) is 4.52 Å². The molecule has 6 nitrogen and oxygen atoms in total. The number of carbonyl (C=O) groups is 1. The first-order valence-corrected chi connectivity index (χ1v) is 8.28. The van der Waals surface area contributed by atoms with Crippen molar-refractivity contribution < 1.29 is 9.32 Å². The predicted molar refractivity (Wildman–Crippen MR) is 86.5 cm³/mol. The fourth-order valence-corrected chi connectivity index (χ4v) is 3.20. The van der Waals surface area contributed by atoms with Gasteiger partial charge in [0.15, 0.2) is 0 Å². The average Bonchev–Trinajstić information content (AvgIpc) is 2.71. The summed E-state index contributed by atoms with van der Waals surface area (Å²) < 4.78 is 5.15. The van der Waals surface area contributed by atoms with Crippen LogP contribution in [0.5, 0.6) is 0 Å². The van der Waals surface area contributed by atoms with Crippen LogP contribution in [0.2, 0.25) is 0 Å². The Morgan fingerprint density at radius 2 is 2.00 bits per heavy atom. The van der Waals surface area contributed by atoms with Gasteiger partial charge in [-0.15, -0.1) is 0 Å². The van der Waals surface area contributed by atoms with Crippen molar-refractivity contribution in [1.82, 2.24) is 15.4 Å². The minimum atomic E-state index is -0.683. The van der Waals surface area contributed by atoms with Crippen LogP contribution >= 0.6 is 0 Å². The van der Waals surface area contributed by atoms with E-state index >= 15 is 0 Å². The molecule has 0 atom stereocenters. The maximum absolute atomic E-state index is 12.4. The van der Waals surface area contributed by atoms with Crippen LogP contribution in [0.3, 0.4) is 0 Å². The first-order valence-electron chi connectivity index (χ1n) is 8.28. The number of aromatic nitrogens is 1. The first-order chi connectivity index (χ1) is 11.0. The third kappa shape index (κ3) is 4.55. The molecular weight excluding hydrogens is 292 g/mol. The Hall–Kier alpha value is -1.87. The molecular formula is C17H26N4O2. The van der Waals surface area contributed by atoms with Crippen molar-refractivity contribution in [3.63, 3.8) is 0 Å². The number of nitrogens with one attached hydrogen (secondary N) is 1. The van der Waals surface area contributed by atoms with E-state index in [0.717, 1.165) is 55.5 Å². The third-order valence-electron chi connectivity index (χ3n) is 4.57. The zero-order chi connectivity index (χ0) is 16.9. The van der Waals surface area contributed by atoms with E-state index in [2.05, 4.69) is 16.5 Å². The molecule has 1 aliphatic carbocycles. The van der Waals surface area contributed by atoms with Gasteiger partial charge < -0.3 is 9.84 Å². The van der Waals surface area contributed by atoms with Gasteiger partial charge in [-0.2, -0.15) is 5.26 Å². The molecule has 126 valence electrons. The minimum absolute atomic E-state index is 0.0947. The van der Waals surface area contributed by atoms with E-state index in [0.29, 0.717) is 6.54 Å². The van der Waals surface area contributed by atoms with Crippen molar-refractivity contribution >= 4 is 5.91 Å². The summed E-state index contributed by atoms with van der Waals surface area (Å²) in [6, 6.07) is 2.35. The number of likely N-dealkylation sites (N-methyl/N-ethyl adjacent to an activating group) is 1. The number of hydrogen-bond acceptors (Lipinski definition) is 5. The Morgan fingerprint density at radius 3 is 2.52 bits per heavy atom. The molecule has 1 aromatic heterocycles. The summed E-state index contributed by atoms with van der Waals surface area (Å²) in [5.74, 6) is 0.690. The molecule has 0 spiro atoms. The van der Waals surface area contributed by atoms with E-state index in [-0.39, 0.29) is 12.5 Å². The molecule has 1 aliphatic rings. The molecule has 1 N–H and O–H groups in total. The van der Waals surface area contributed by atoms with Crippen LogP contribution in [0.4, 0.5) is 0 Å². The lowest BCUT2D eigenvalue weighted by molar-refractivity contribution is -0.123. The number of amides is 1. The Balaban J connectivity index is 1.92. The molecule has 2 rings (SSSR count). The second kappa shape index (κ2) is 7.60. The monoisotopic (exact) mass is 318 g/mol. The first kappa shape index (κ1) is 17.5. The van der Waals surface area contributed by atoms with Crippen molar-refractivity contribution in [2.45, 2.75) is 64.5 Å². The molecule has 0 saturated heterocycles. The predicted octanol–water partition coefficient (Wildman–Crippen LogP) is 2.46. The van der Waals surface area contributed by atoms with Gasteiger partial charge in [0.2, 0.25) is 5.91 Å². The summed E-state index contributed by atoms with van der Waals surface area (Å²) in [4.78, 5) is 14.3. The van der Waals surface area contributed by atoms with Gasteiger partial charge in [-0.1, -0.05) is 30.8 Å². The molecule has 0 aromatic carbocycles. The zero-order valence-electron chi connectivity index (χ0n) is 14.3. The maximum Gasteiger partial charge on any atom is 0.235 e. The summed E-state index contributed by atoms with van der Waals surface area (Å²) in [5.41, 5.74) is 1.19. The number of rotatable bonds is 5. The highest BCUT2D eigenvalue weighted by Gasteiger charge is 2.32. The minimum Gasteiger partial charge on any atom is -0.361 e. The number of nitrogens with zero attached hydrogens (tertiary/aromatic N) is 3. The van der Waals surface area contributed by atoms with E-state index in [1.807, 2.05) is 25.8 Å². The Labute approximate surface area is 137 Å². The largest absolute Gasteiger partial charge is 0.361 e. The van der Waals surface area contributed by atoms with Gasteiger partial charge in [0.25, 0.3) is 0 Å². The molecule has 0 radical (unpaired) electrons. The number of aryl methyl sites for hydroxylation is 2. The van der Waals surface area contributed by atoms with Crippen LogP contribution in [0.25, 0.3) is 0 Å². The molecule has 0 bridgehead atoms. The molecule has 1 amide bonds. The number of hydrogen-bond donors (Lipinski definition) is 1. The van der Waals surface area contributed by atoms with Crippen LogP contribution in [0, 0.1) is 25.2 Å². The Bertz CT molecular complexity index is 560. The molecule has 23 heavy (non-hydrogen) atoms. The summed E-state index contributed by atoms with van der Waals surface area (Å²) in [6.07, 6.45) is 5.80. The van der Waals surface area contributed by atoms with Crippen molar-refractivity contribution in [2.24, 2.45) is 0 Å². The lowest BCUT2D eigenvalue weighted by atomic mass is 9.92. The molecule has 1 fully saturated rings. The van der Waals surface area contributed by atoms with Gasteiger partial charge in [0.05, 0.1) is 18.3 Å². The van der Waals surface area contributed by atoms with Crippen LogP contribution in [-0.2, 0) is 11.3 Å². The molecule has 1 saturated carbocycles. The molecule has 1 aromatic rings. The quantitative estimate of drug-likeness (QED) is 0.843.